The maximum Gasteiger partial charge on any atom is 0.322 e. The highest BCUT2D eigenvalue weighted by atomic mass is 16.2. The third kappa shape index (κ3) is 3.71. The first-order chi connectivity index (χ1) is 11.8. The van der Waals surface area contributed by atoms with Crippen LogP contribution in [0.1, 0.15) is 57.6 Å². The second kappa shape index (κ2) is 6.79. The fraction of sp³-hybridized carbons (Fsp3) is 0.600. The van der Waals surface area contributed by atoms with Crippen LogP contribution >= 0.6 is 0 Å². The molecule has 0 unspecified atom stereocenters. The minimum absolute atomic E-state index is 0.0559. The molecule has 1 aromatic rings. The van der Waals surface area contributed by atoms with E-state index in [4.69, 9.17) is 0 Å². The van der Waals surface area contributed by atoms with Crippen LogP contribution in [0, 0.1) is 0 Å². The summed E-state index contributed by atoms with van der Waals surface area (Å²) >= 11 is 0. The van der Waals surface area contributed by atoms with E-state index in [1.54, 1.807) is 0 Å². The molecule has 1 aliphatic heterocycles. The summed E-state index contributed by atoms with van der Waals surface area (Å²) in [7, 11) is 0. The van der Waals surface area contributed by atoms with Crippen LogP contribution in [0.25, 0.3) is 0 Å². The van der Waals surface area contributed by atoms with Crippen molar-refractivity contribution in [1.82, 2.24) is 16.0 Å². The lowest BCUT2D eigenvalue weighted by Crippen LogP contribution is -2.52. The smallest absolute Gasteiger partial charge is 0.322 e. The van der Waals surface area contributed by atoms with Crippen molar-refractivity contribution in [2.45, 2.75) is 69.9 Å². The SMILES string of the molecule is CCc1ccc(C(C)(C)CNC2CCC3(CC2)NC(=O)NC3=O)cc1. The zero-order chi connectivity index (χ0) is 18.1. The van der Waals surface area contributed by atoms with Gasteiger partial charge in [-0.3, -0.25) is 10.1 Å². The van der Waals surface area contributed by atoms with Gasteiger partial charge in [0.05, 0.1) is 0 Å². The second-order valence-electron chi connectivity index (χ2n) is 8.08. The second-order valence-corrected chi connectivity index (χ2v) is 8.08. The maximum absolute atomic E-state index is 12.0. The van der Waals surface area contributed by atoms with Crippen molar-refractivity contribution in [2.24, 2.45) is 0 Å². The molecular formula is C20H29N3O2. The van der Waals surface area contributed by atoms with Crippen molar-refractivity contribution in [3.63, 3.8) is 0 Å². The molecule has 1 heterocycles. The largest absolute Gasteiger partial charge is 0.323 e. The minimum atomic E-state index is -0.666. The predicted octanol–water partition coefficient (Wildman–Crippen LogP) is 2.64. The quantitative estimate of drug-likeness (QED) is 0.720. The third-order valence-corrected chi connectivity index (χ3v) is 5.83. The Balaban J connectivity index is 1.53. The van der Waals surface area contributed by atoms with E-state index in [0.717, 1.165) is 25.8 Å². The topological polar surface area (TPSA) is 70.2 Å². The van der Waals surface area contributed by atoms with Crippen molar-refractivity contribution in [2.75, 3.05) is 6.54 Å². The van der Waals surface area contributed by atoms with E-state index in [1.807, 2.05) is 0 Å². The standard InChI is InChI=1S/C20H29N3O2/c1-4-14-5-7-15(8-6-14)19(2,3)13-21-16-9-11-20(12-10-16)17(24)22-18(25)23-20/h5-8,16,21H,4,9-13H2,1-3H3,(H2,22,23,24,25). The van der Waals surface area contributed by atoms with Crippen molar-refractivity contribution in [1.29, 1.82) is 0 Å². The summed E-state index contributed by atoms with van der Waals surface area (Å²) in [5.74, 6) is -0.160. The Kier molecular flexibility index (Phi) is 4.87. The van der Waals surface area contributed by atoms with Crippen LogP contribution in [0.15, 0.2) is 24.3 Å². The predicted molar refractivity (Wildman–Crippen MR) is 98.5 cm³/mol. The lowest BCUT2D eigenvalue weighted by molar-refractivity contribution is -0.125. The summed E-state index contributed by atoms with van der Waals surface area (Å²) in [6, 6.07) is 8.92. The summed E-state index contributed by atoms with van der Waals surface area (Å²) in [4.78, 5) is 23.4. The van der Waals surface area contributed by atoms with Crippen LogP contribution in [-0.2, 0) is 16.6 Å². The molecule has 2 aliphatic rings. The highest BCUT2D eigenvalue weighted by Crippen LogP contribution is 2.31. The number of aryl methyl sites for hydroxylation is 1. The summed E-state index contributed by atoms with van der Waals surface area (Å²) in [5, 5.41) is 8.87. The average molecular weight is 343 g/mol. The zero-order valence-electron chi connectivity index (χ0n) is 15.4. The van der Waals surface area contributed by atoms with Gasteiger partial charge >= 0.3 is 6.03 Å². The number of imide groups is 1. The van der Waals surface area contributed by atoms with Gasteiger partial charge in [0.2, 0.25) is 0 Å². The molecule has 2 fully saturated rings. The van der Waals surface area contributed by atoms with Gasteiger partial charge in [0, 0.05) is 18.0 Å². The Morgan fingerprint density at radius 2 is 1.80 bits per heavy atom. The lowest BCUT2D eigenvalue weighted by Gasteiger charge is -2.36. The van der Waals surface area contributed by atoms with Crippen molar-refractivity contribution < 1.29 is 9.59 Å². The number of urea groups is 1. The van der Waals surface area contributed by atoms with Gasteiger partial charge < -0.3 is 10.6 Å². The van der Waals surface area contributed by atoms with Crippen LogP contribution in [0.5, 0.6) is 0 Å². The maximum atomic E-state index is 12.0. The van der Waals surface area contributed by atoms with Crippen LogP contribution < -0.4 is 16.0 Å². The summed E-state index contributed by atoms with van der Waals surface area (Å²) < 4.78 is 0. The molecule has 5 nitrogen and oxygen atoms in total. The molecule has 25 heavy (non-hydrogen) atoms. The van der Waals surface area contributed by atoms with E-state index >= 15 is 0 Å². The number of amides is 3. The molecule has 1 aliphatic carbocycles. The monoisotopic (exact) mass is 343 g/mol. The van der Waals surface area contributed by atoms with Crippen molar-refractivity contribution >= 4 is 11.9 Å². The number of carbonyl (C=O) groups excluding carboxylic acids is 2. The molecule has 1 saturated carbocycles. The third-order valence-electron chi connectivity index (χ3n) is 5.83. The van der Waals surface area contributed by atoms with Crippen LogP contribution in [0.4, 0.5) is 4.79 Å². The van der Waals surface area contributed by atoms with E-state index in [9.17, 15) is 9.59 Å². The Morgan fingerprint density at radius 1 is 1.16 bits per heavy atom. The molecule has 1 saturated heterocycles. The van der Waals surface area contributed by atoms with E-state index in [2.05, 4.69) is 61.0 Å². The van der Waals surface area contributed by atoms with Crippen molar-refractivity contribution in [3.05, 3.63) is 35.4 Å². The Hall–Kier alpha value is -1.88. The van der Waals surface area contributed by atoms with Gasteiger partial charge in [-0.25, -0.2) is 4.79 Å². The molecule has 0 atom stereocenters. The minimum Gasteiger partial charge on any atom is -0.323 e. The van der Waals surface area contributed by atoms with Crippen LogP contribution in [0.3, 0.4) is 0 Å². The molecule has 0 radical (unpaired) electrons. The first-order valence-electron chi connectivity index (χ1n) is 9.31. The number of benzene rings is 1. The highest BCUT2D eigenvalue weighted by Gasteiger charge is 2.48. The fourth-order valence-corrected chi connectivity index (χ4v) is 3.89. The van der Waals surface area contributed by atoms with E-state index in [0.29, 0.717) is 18.9 Å². The number of carbonyl (C=O) groups is 2. The van der Waals surface area contributed by atoms with Gasteiger partial charge in [-0.15, -0.1) is 0 Å². The molecule has 3 N–H and O–H groups in total. The average Bonchev–Trinajstić information content (AvgIpc) is 2.88. The molecule has 1 spiro atoms. The summed E-state index contributed by atoms with van der Waals surface area (Å²) in [5.41, 5.74) is 2.09. The zero-order valence-corrected chi connectivity index (χ0v) is 15.4. The van der Waals surface area contributed by atoms with Gasteiger partial charge in [-0.2, -0.15) is 0 Å². The normalized spacial score (nSPS) is 26.6. The van der Waals surface area contributed by atoms with Crippen LogP contribution in [0.2, 0.25) is 0 Å². The van der Waals surface area contributed by atoms with Gasteiger partial charge in [0.25, 0.3) is 5.91 Å². The Labute approximate surface area is 150 Å². The molecule has 0 bridgehead atoms. The van der Waals surface area contributed by atoms with Gasteiger partial charge in [0.15, 0.2) is 0 Å². The Bertz CT molecular complexity index is 643. The van der Waals surface area contributed by atoms with Crippen molar-refractivity contribution in [3.8, 4) is 0 Å². The molecule has 0 aromatic heterocycles. The molecule has 5 heteroatoms. The first kappa shape index (κ1) is 17.9. The van der Waals surface area contributed by atoms with E-state index in [-0.39, 0.29) is 17.4 Å². The number of hydrogen-bond donors (Lipinski definition) is 3. The molecule has 3 rings (SSSR count). The molecule has 1 aromatic carbocycles. The van der Waals surface area contributed by atoms with Gasteiger partial charge in [0.1, 0.15) is 5.54 Å². The number of rotatable bonds is 5. The summed E-state index contributed by atoms with van der Waals surface area (Å²) in [6.45, 7) is 7.59. The van der Waals surface area contributed by atoms with Gasteiger partial charge in [-0.05, 0) is 43.2 Å². The Morgan fingerprint density at radius 3 is 2.32 bits per heavy atom. The highest BCUT2D eigenvalue weighted by molar-refractivity contribution is 6.07. The lowest BCUT2D eigenvalue weighted by atomic mass is 9.78. The van der Waals surface area contributed by atoms with Crippen LogP contribution in [-0.4, -0.2) is 30.1 Å². The molecule has 3 amide bonds. The molecular weight excluding hydrogens is 314 g/mol. The summed E-state index contributed by atoms with van der Waals surface area (Å²) in [6.07, 6.45) is 4.27. The van der Waals surface area contributed by atoms with E-state index in [1.165, 1.54) is 11.1 Å². The van der Waals surface area contributed by atoms with E-state index < -0.39 is 5.54 Å². The molecule has 136 valence electrons. The number of hydrogen-bond acceptors (Lipinski definition) is 3. The van der Waals surface area contributed by atoms with Gasteiger partial charge in [-0.1, -0.05) is 45.0 Å². The number of nitrogens with one attached hydrogen (secondary N) is 3. The fourth-order valence-electron chi connectivity index (χ4n) is 3.89. The first-order valence-corrected chi connectivity index (χ1v) is 9.31.